The number of carbonyl (C=O) groups excluding carboxylic acids is 1. The topological polar surface area (TPSA) is 55.6 Å². The number of piperidine rings is 1. The normalized spacial score (nSPS) is 18.6. The molecular formula is C16H32N2O2. The molecule has 0 aromatic heterocycles. The lowest BCUT2D eigenvalue weighted by molar-refractivity contribution is -0.135. The molecule has 1 aliphatic rings. The molecule has 1 rings (SSSR count). The third kappa shape index (κ3) is 5.80. The SMILES string of the molecule is CCC(CC(=O)N1CCC(OCCCN)CC1)C(C)C. The first-order valence-corrected chi connectivity index (χ1v) is 8.17. The molecule has 118 valence electrons. The van der Waals surface area contributed by atoms with Gasteiger partial charge in [-0.15, -0.1) is 0 Å². The highest BCUT2D eigenvalue weighted by Gasteiger charge is 2.25. The second-order valence-electron chi connectivity index (χ2n) is 6.21. The Morgan fingerprint density at radius 2 is 2.00 bits per heavy atom. The zero-order valence-electron chi connectivity index (χ0n) is 13.4. The van der Waals surface area contributed by atoms with Crippen molar-refractivity contribution in [3.05, 3.63) is 0 Å². The number of hydrogen-bond acceptors (Lipinski definition) is 3. The average molecular weight is 284 g/mol. The fourth-order valence-electron chi connectivity index (χ4n) is 2.81. The minimum atomic E-state index is 0.317. The molecule has 1 atom stereocenters. The number of nitrogens with zero attached hydrogens (tertiary/aromatic N) is 1. The molecule has 0 aromatic carbocycles. The molecule has 1 amide bonds. The van der Waals surface area contributed by atoms with Crippen molar-refractivity contribution in [3.8, 4) is 0 Å². The van der Waals surface area contributed by atoms with Crippen molar-refractivity contribution < 1.29 is 9.53 Å². The Balaban J connectivity index is 2.28. The Kier molecular flexibility index (Phi) is 8.15. The van der Waals surface area contributed by atoms with E-state index in [1.165, 1.54) is 0 Å². The van der Waals surface area contributed by atoms with Gasteiger partial charge in [0.15, 0.2) is 0 Å². The fourth-order valence-corrected chi connectivity index (χ4v) is 2.81. The van der Waals surface area contributed by atoms with Gasteiger partial charge in [0.2, 0.25) is 5.91 Å². The van der Waals surface area contributed by atoms with Gasteiger partial charge >= 0.3 is 0 Å². The number of carbonyl (C=O) groups is 1. The van der Waals surface area contributed by atoms with Crippen molar-refractivity contribution in [3.63, 3.8) is 0 Å². The molecule has 0 bridgehead atoms. The molecule has 0 aliphatic carbocycles. The summed E-state index contributed by atoms with van der Waals surface area (Å²) in [5.74, 6) is 1.42. The van der Waals surface area contributed by atoms with E-state index in [1.807, 2.05) is 4.90 Å². The van der Waals surface area contributed by atoms with Gasteiger partial charge < -0.3 is 15.4 Å². The van der Waals surface area contributed by atoms with Crippen molar-refractivity contribution in [1.82, 2.24) is 4.90 Å². The molecule has 4 nitrogen and oxygen atoms in total. The summed E-state index contributed by atoms with van der Waals surface area (Å²) in [6.45, 7) is 9.72. The predicted molar refractivity (Wildman–Crippen MR) is 82.5 cm³/mol. The van der Waals surface area contributed by atoms with Gasteiger partial charge in [-0.3, -0.25) is 4.79 Å². The largest absolute Gasteiger partial charge is 0.378 e. The van der Waals surface area contributed by atoms with Crippen LogP contribution in [0.1, 0.15) is 52.9 Å². The molecule has 1 saturated heterocycles. The van der Waals surface area contributed by atoms with E-state index in [2.05, 4.69) is 20.8 Å². The average Bonchev–Trinajstić information content (AvgIpc) is 2.45. The summed E-state index contributed by atoms with van der Waals surface area (Å²) in [4.78, 5) is 14.3. The lowest BCUT2D eigenvalue weighted by atomic mass is 9.89. The predicted octanol–water partition coefficient (Wildman–Crippen LogP) is 2.42. The molecule has 20 heavy (non-hydrogen) atoms. The van der Waals surface area contributed by atoms with Crippen molar-refractivity contribution >= 4 is 5.91 Å². The third-order valence-corrected chi connectivity index (χ3v) is 4.40. The Hall–Kier alpha value is -0.610. The van der Waals surface area contributed by atoms with Gasteiger partial charge in [0.25, 0.3) is 0 Å². The Labute approximate surface area is 124 Å². The van der Waals surface area contributed by atoms with Gasteiger partial charge in [-0.2, -0.15) is 0 Å². The molecule has 4 heteroatoms. The van der Waals surface area contributed by atoms with Crippen LogP contribution in [-0.4, -0.2) is 43.2 Å². The van der Waals surface area contributed by atoms with Gasteiger partial charge in [0.1, 0.15) is 0 Å². The number of ether oxygens (including phenoxy) is 1. The Morgan fingerprint density at radius 3 is 2.50 bits per heavy atom. The van der Waals surface area contributed by atoms with Crippen LogP contribution in [0, 0.1) is 11.8 Å². The molecule has 1 heterocycles. The highest BCUT2D eigenvalue weighted by atomic mass is 16.5. The molecule has 0 spiro atoms. The first-order valence-electron chi connectivity index (χ1n) is 8.17. The summed E-state index contributed by atoms with van der Waals surface area (Å²) in [6, 6.07) is 0. The zero-order chi connectivity index (χ0) is 15.0. The molecule has 0 saturated carbocycles. The maximum Gasteiger partial charge on any atom is 0.222 e. The number of nitrogens with two attached hydrogens (primary N) is 1. The van der Waals surface area contributed by atoms with E-state index in [4.69, 9.17) is 10.5 Å². The Morgan fingerprint density at radius 1 is 1.35 bits per heavy atom. The van der Waals surface area contributed by atoms with Crippen molar-refractivity contribution in [2.24, 2.45) is 17.6 Å². The zero-order valence-corrected chi connectivity index (χ0v) is 13.4. The summed E-state index contributed by atoms with van der Waals surface area (Å²) in [5, 5.41) is 0. The van der Waals surface area contributed by atoms with Crippen LogP contribution in [0.2, 0.25) is 0 Å². The van der Waals surface area contributed by atoms with Crippen LogP contribution in [0.15, 0.2) is 0 Å². The minimum Gasteiger partial charge on any atom is -0.378 e. The Bertz CT molecular complexity index is 274. The van der Waals surface area contributed by atoms with Crippen molar-refractivity contribution in [2.45, 2.75) is 59.0 Å². The lowest BCUT2D eigenvalue weighted by Crippen LogP contribution is -2.41. The smallest absolute Gasteiger partial charge is 0.222 e. The summed E-state index contributed by atoms with van der Waals surface area (Å²) in [7, 11) is 0. The van der Waals surface area contributed by atoms with Crippen LogP contribution in [-0.2, 0) is 9.53 Å². The maximum atomic E-state index is 12.3. The first kappa shape index (κ1) is 17.4. The van der Waals surface area contributed by atoms with Gasteiger partial charge in [-0.25, -0.2) is 0 Å². The number of rotatable bonds is 8. The van der Waals surface area contributed by atoms with E-state index in [0.717, 1.165) is 45.4 Å². The van der Waals surface area contributed by atoms with E-state index in [0.29, 0.717) is 36.8 Å². The van der Waals surface area contributed by atoms with E-state index in [-0.39, 0.29) is 0 Å². The molecule has 1 unspecified atom stereocenters. The number of hydrogen-bond donors (Lipinski definition) is 1. The highest BCUT2D eigenvalue weighted by Crippen LogP contribution is 2.22. The second-order valence-corrected chi connectivity index (χ2v) is 6.21. The van der Waals surface area contributed by atoms with E-state index >= 15 is 0 Å². The highest BCUT2D eigenvalue weighted by molar-refractivity contribution is 5.76. The van der Waals surface area contributed by atoms with Crippen LogP contribution >= 0.6 is 0 Å². The van der Waals surface area contributed by atoms with Crippen LogP contribution < -0.4 is 5.73 Å². The monoisotopic (exact) mass is 284 g/mol. The first-order chi connectivity index (χ1) is 9.58. The molecule has 1 fully saturated rings. The lowest BCUT2D eigenvalue weighted by Gasteiger charge is -2.33. The van der Waals surface area contributed by atoms with Crippen molar-refractivity contribution in [1.29, 1.82) is 0 Å². The summed E-state index contributed by atoms with van der Waals surface area (Å²) in [5.41, 5.74) is 5.46. The molecular weight excluding hydrogens is 252 g/mol. The standard InChI is InChI=1S/C16H32N2O2/c1-4-14(13(2)3)12-16(19)18-9-6-15(7-10-18)20-11-5-8-17/h13-15H,4-12,17H2,1-3H3. The quantitative estimate of drug-likeness (QED) is 0.696. The van der Waals surface area contributed by atoms with Gasteiger partial charge in [0.05, 0.1) is 6.10 Å². The van der Waals surface area contributed by atoms with Crippen LogP contribution in [0.5, 0.6) is 0 Å². The van der Waals surface area contributed by atoms with Crippen LogP contribution in [0.25, 0.3) is 0 Å². The minimum absolute atomic E-state index is 0.317. The number of amides is 1. The third-order valence-electron chi connectivity index (χ3n) is 4.40. The van der Waals surface area contributed by atoms with Gasteiger partial charge in [0, 0.05) is 26.1 Å². The molecule has 2 N–H and O–H groups in total. The van der Waals surface area contributed by atoms with Crippen molar-refractivity contribution in [2.75, 3.05) is 26.2 Å². The van der Waals surface area contributed by atoms with Gasteiger partial charge in [-0.05, 0) is 37.6 Å². The summed E-state index contributed by atoms with van der Waals surface area (Å²) in [6.07, 6.45) is 4.96. The van der Waals surface area contributed by atoms with E-state index in [9.17, 15) is 4.79 Å². The van der Waals surface area contributed by atoms with Crippen LogP contribution in [0.3, 0.4) is 0 Å². The molecule has 0 radical (unpaired) electrons. The van der Waals surface area contributed by atoms with Crippen LogP contribution in [0.4, 0.5) is 0 Å². The van der Waals surface area contributed by atoms with E-state index in [1.54, 1.807) is 0 Å². The molecule has 1 aliphatic heterocycles. The fraction of sp³-hybridized carbons (Fsp3) is 0.938. The van der Waals surface area contributed by atoms with Gasteiger partial charge in [-0.1, -0.05) is 27.2 Å². The van der Waals surface area contributed by atoms with E-state index < -0.39 is 0 Å². The number of likely N-dealkylation sites (tertiary alicyclic amines) is 1. The maximum absolute atomic E-state index is 12.3. The second kappa shape index (κ2) is 9.35. The summed E-state index contributed by atoms with van der Waals surface area (Å²) < 4.78 is 5.77. The molecule has 0 aromatic rings. The summed E-state index contributed by atoms with van der Waals surface area (Å²) >= 11 is 0.